The van der Waals surface area contributed by atoms with Crippen LogP contribution in [0.15, 0.2) is 51.9 Å². The molecule has 2 aromatic rings. The van der Waals surface area contributed by atoms with E-state index in [-0.39, 0.29) is 5.63 Å². The van der Waals surface area contributed by atoms with Crippen molar-refractivity contribution in [3.63, 3.8) is 0 Å². The second-order valence-electron chi connectivity index (χ2n) is 2.79. The van der Waals surface area contributed by atoms with Gasteiger partial charge in [-0.25, -0.2) is 9.53 Å². The summed E-state index contributed by atoms with van der Waals surface area (Å²) in [6, 6.07) is 11.2. The minimum atomic E-state index is -0.309. The zero-order chi connectivity index (χ0) is 9.10. The fraction of sp³-hybridized carbons (Fsp3) is 0.100. The summed E-state index contributed by atoms with van der Waals surface area (Å²) in [6.07, 6.45) is 1.63. The van der Waals surface area contributed by atoms with Crippen LogP contribution in [-0.2, 0) is 6.54 Å². The van der Waals surface area contributed by atoms with Crippen LogP contribution in [0.25, 0.3) is 0 Å². The lowest BCUT2D eigenvalue weighted by Crippen LogP contribution is -1.98. The number of nitrogens with zero attached hydrogens (tertiary/aromatic N) is 1. The Balaban J connectivity index is 2.20. The summed E-state index contributed by atoms with van der Waals surface area (Å²) in [7, 11) is 0. The smallest absolute Gasteiger partial charge is 0.336 e. The van der Waals surface area contributed by atoms with Crippen LogP contribution in [-0.4, -0.2) is 4.74 Å². The van der Waals surface area contributed by atoms with E-state index in [1.807, 2.05) is 30.3 Å². The molecule has 0 fully saturated rings. The van der Waals surface area contributed by atoms with Crippen molar-refractivity contribution in [3.8, 4) is 0 Å². The Bertz CT molecular complexity index is 427. The first-order chi connectivity index (χ1) is 6.34. The molecule has 0 spiro atoms. The SMILES string of the molecule is O=c1ccn(Cc2ccccc2)o1. The molecule has 0 aliphatic rings. The summed E-state index contributed by atoms with van der Waals surface area (Å²) < 4.78 is 6.36. The first-order valence-electron chi connectivity index (χ1n) is 4.05. The van der Waals surface area contributed by atoms with Crippen LogP contribution in [0.2, 0.25) is 0 Å². The zero-order valence-corrected chi connectivity index (χ0v) is 7.01. The van der Waals surface area contributed by atoms with E-state index in [1.54, 1.807) is 6.20 Å². The maximum atomic E-state index is 10.7. The third kappa shape index (κ3) is 1.87. The van der Waals surface area contributed by atoms with Crippen molar-refractivity contribution in [2.45, 2.75) is 6.54 Å². The molecule has 0 saturated heterocycles. The molecule has 0 unspecified atom stereocenters. The second-order valence-corrected chi connectivity index (χ2v) is 2.79. The van der Waals surface area contributed by atoms with E-state index in [1.165, 1.54) is 10.8 Å². The quantitative estimate of drug-likeness (QED) is 0.693. The van der Waals surface area contributed by atoms with Crippen LogP contribution < -0.4 is 5.63 Å². The summed E-state index contributed by atoms with van der Waals surface area (Å²) in [4.78, 5) is 10.7. The fourth-order valence-electron chi connectivity index (χ4n) is 1.17. The molecule has 0 atom stereocenters. The summed E-state index contributed by atoms with van der Waals surface area (Å²) in [5.74, 6) is 0. The minimum Gasteiger partial charge on any atom is -0.336 e. The number of rotatable bonds is 2. The number of hydrogen-bond acceptors (Lipinski definition) is 2. The van der Waals surface area contributed by atoms with Gasteiger partial charge in [-0.3, -0.25) is 0 Å². The van der Waals surface area contributed by atoms with Crippen molar-refractivity contribution < 1.29 is 4.52 Å². The van der Waals surface area contributed by atoms with E-state index in [9.17, 15) is 4.79 Å². The molecule has 0 bridgehead atoms. The molecule has 1 heterocycles. The van der Waals surface area contributed by atoms with Gasteiger partial charge in [0.2, 0.25) is 0 Å². The molecule has 0 N–H and O–H groups in total. The number of benzene rings is 1. The largest absolute Gasteiger partial charge is 0.357 e. The molecule has 0 aliphatic heterocycles. The summed E-state index contributed by atoms with van der Waals surface area (Å²) in [5, 5.41) is 0. The van der Waals surface area contributed by atoms with Crippen LogP contribution in [0.1, 0.15) is 5.56 Å². The lowest BCUT2D eigenvalue weighted by molar-refractivity contribution is 0.266. The van der Waals surface area contributed by atoms with Gasteiger partial charge in [0.1, 0.15) is 0 Å². The maximum absolute atomic E-state index is 10.7. The minimum absolute atomic E-state index is 0.309. The van der Waals surface area contributed by atoms with Crippen molar-refractivity contribution in [1.29, 1.82) is 0 Å². The van der Waals surface area contributed by atoms with Gasteiger partial charge >= 0.3 is 5.63 Å². The summed E-state index contributed by atoms with van der Waals surface area (Å²) in [5.41, 5.74) is 0.804. The van der Waals surface area contributed by atoms with Crippen LogP contribution in [0, 0.1) is 0 Å². The highest BCUT2D eigenvalue weighted by molar-refractivity contribution is 5.14. The van der Waals surface area contributed by atoms with Gasteiger partial charge in [-0.2, -0.15) is 0 Å². The normalized spacial score (nSPS) is 10.2. The van der Waals surface area contributed by atoms with Gasteiger partial charge in [0.15, 0.2) is 0 Å². The van der Waals surface area contributed by atoms with Crippen molar-refractivity contribution in [2.24, 2.45) is 0 Å². The van der Waals surface area contributed by atoms with Crippen LogP contribution in [0.4, 0.5) is 0 Å². The summed E-state index contributed by atoms with van der Waals surface area (Å²) in [6.45, 7) is 0.600. The third-order valence-electron chi connectivity index (χ3n) is 1.77. The average molecular weight is 175 g/mol. The Morgan fingerprint density at radius 3 is 2.54 bits per heavy atom. The Hall–Kier alpha value is -1.77. The molecule has 3 heteroatoms. The predicted molar refractivity (Wildman–Crippen MR) is 48.5 cm³/mol. The lowest BCUT2D eigenvalue weighted by Gasteiger charge is -1.99. The van der Waals surface area contributed by atoms with Crippen LogP contribution >= 0.6 is 0 Å². The van der Waals surface area contributed by atoms with E-state index >= 15 is 0 Å². The van der Waals surface area contributed by atoms with Gasteiger partial charge in [-0.1, -0.05) is 30.3 Å². The Kier molecular flexibility index (Phi) is 2.00. The topological polar surface area (TPSA) is 35.1 Å². The molecule has 0 aliphatic carbocycles. The first kappa shape index (κ1) is 7.86. The maximum Gasteiger partial charge on any atom is 0.357 e. The highest BCUT2D eigenvalue weighted by Gasteiger charge is 1.95. The van der Waals surface area contributed by atoms with E-state index in [0.29, 0.717) is 6.54 Å². The van der Waals surface area contributed by atoms with Gasteiger partial charge < -0.3 is 4.52 Å². The van der Waals surface area contributed by atoms with Crippen molar-refractivity contribution in [1.82, 2.24) is 4.74 Å². The second kappa shape index (κ2) is 3.31. The summed E-state index contributed by atoms with van der Waals surface area (Å²) >= 11 is 0. The van der Waals surface area contributed by atoms with Crippen molar-refractivity contribution >= 4 is 0 Å². The molecular formula is C10H9NO2. The van der Waals surface area contributed by atoms with Gasteiger partial charge in [0.25, 0.3) is 0 Å². The van der Waals surface area contributed by atoms with Crippen LogP contribution in [0.3, 0.4) is 0 Å². The average Bonchev–Trinajstić information content (AvgIpc) is 2.53. The number of hydrogen-bond donors (Lipinski definition) is 0. The molecule has 0 radical (unpaired) electrons. The lowest BCUT2D eigenvalue weighted by atomic mass is 10.2. The molecular weight excluding hydrogens is 166 g/mol. The number of aromatic nitrogens is 1. The van der Waals surface area contributed by atoms with Gasteiger partial charge in [0, 0.05) is 12.3 Å². The van der Waals surface area contributed by atoms with Crippen molar-refractivity contribution in [3.05, 3.63) is 58.6 Å². The third-order valence-corrected chi connectivity index (χ3v) is 1.77. The van der Waals surface area contributed by atoms with E-state index in [4.69, 9.17) is 4.52 Å². The van der Waals surface area contributed by atoms with Gasteiger partial charge in [-0.05, 0) is 5.56 Å². The monoisotopic (exact) mass is 175 g/mol. The van der Waals surface area contributed by atoms with E-state index in [2.05, 4.69) is 0 Å². The van der Waals surface area contributed by atoms with Crippen molar-refractivity contribution in [2.75, 3.05) is 0 Å². The standard InChI is InChI=1S/C10H9NO2/c12-10-6-7-11(13-10)8-9-4-2-1-3-5-9/h1-7H,8H2. The first-order valence-corrected chi connectivity index (χ1v) is 4.05. The molecule has 3 nitrogen and oxygen atoms in total. The van der Waals surface area contributed by atoms with E-state index in [0.717, 1.165) is 5.56 Å². The zero-order valence-electron chi connectivity index (χ0n) is 7.01. The molecule has 66 valence electrons. The van der Waals surface area contributed by atoms with Gasteiger partial charge in [-0.15, -0.1) is 0 Å². The van der Waals surface area contributed by atoms with Crippen LogP contribution in [0.5, 0.6) is 0 Å². The molecule has 1 aromatic heterocycles. The molecule has 2 rings (SSSR count). The highest BCUT2D eigenvalue weighted by atomic mass is 16.5. The van der Waals surface area contributed by atoms with E-state index < -0.39 is 0 Å². The molecule has 13 heavy (non-hydrogen) atoms. The van der Waals surface area contributed by atoms with Gasteiger partial charge in [0.05, 0.1) is 6.54 Å². The fourth-order valence-corrected chi connectivity index (χ4v) is 1.17. The molecule has 0 amide bonds. The molecule has 1 aromatic carbocycles. The Morgan fingerprint density at radius 1 is 1.15 bits per heavy atom. The Labute approximate surface area is 75.2 Å². The molecule has 0 saturated carbocycles. The Morgan fingerprint density at radius 2 is 1.92 bits per heavy atom. The predicted octanol–water partition coefficient (Wildman–Crippen LogP) is 1.49. The highest BCUT2D eigenvalue weighted by Crippen LogP contribution is 2.00.